The van der Waals surface area contributed by atoms with Crippen molar-refractivity contribution < 1.29 is 24.2 Å². The standard InChI is InChI=1S/C25H32N2O5/c1-4-5-6-20-15-19-16-21(32-3)11-12-22(19)23(27(20)25(29)30)17-7-9-18(10-8-17)24(28)26-13-14-31-2/h7-12,16,20,23H,4-6,13-15H2,1-3H3,(H,26,28)(H,29,30)/t20-,23-/m0/s1. The molecule has 0 saturated heterocycles. The van der Waals surface area contributed by atoms with Crippen LogP contribution in [0.2, 0.25) is 0 Å². The number of rotatable bonds is 9. The van der Waals surface area contributed by atoms with Crippen molar-refractivity contribution in [2.75, 3.05) is 27.4 Å². The normalized spacial score (nSPS) is 17.5. The van der Waals surface area contributed by atoms with Crippen LogP contribution in [-0.4, -0.2) is 55.4 Å². The van der Waals surface area contributed by atoms with Crippen molar-refractivity contribution in [1.29, 1.82) is 0 Å². The molecule has 0 radical (unpaired) electrons. The van der Waals surface area contributed by atoms with Crippen LogP contribution < -0.4 is 10.1 Å². The van der Waals surface area contributed by atoms with Crippen molar-refractivity contribution >= 4 is 12.0 Å². The number of benzene rings is 2. The number of nitrogens with zero attached hydrogens (tertiary/aromatic N) is 1. The molecule has 2 aromatic carbocycles. The van der Waals surface area contributed by atoms with Gasteiger partial charge in [0.15, 0.2) is 0 Å². The van der Waals surface area contributed by atoms with Crippen LogP contribution in [-0.2, 0) is 11.2 Å². The monoisotopic (exact) mass is 440 g/mol. The SMILES string of the molecule is CCCC[C@H]1Cc2cc(OC)ccc2[C@H](c2ccc(C(=O)NCCOC)cc2)N1C(=O)O. The predicted octanol–water partition coefficient (Wildman–Crippen LogP) is 4.26. The van der Waals surface area contributed by atoms with Gasteiger partial charge in [0.1, 0.15) is 5.75 Å². The highest BCUT2D eigenvalue weighted by Crippen LogP contribution is 2.40. The minimum Gasteiger partial charge on any atom is -0.497 e. The molecule has 3 rings (SSSR count). The molecule has 32 heavy (non-hydrogen) atoms. The van der Waals surface area contributed by atoms with Gasteiger partial charge in [-0.15, -0.1) is 0 Å². The first-order chi connectivity index (χ1) is 15.5. The fourth-order valence-corrected chi connectivity index (χ4v) is 4.34. The van der Waals surface area contributed by atoms with Crippen molar-refractivity contribution in [1.82, 2.24) is 10.2 Å². The smallest absolute Gasteiger partial charge is 0.408 e. The molecule has 0 bridgehead atoms. The Bertz CT molecular complexity index is 928. The fourth-order valence-electron chi connectivity index (χ4n) is 4.34. The Morgan fingerprint density at radius 3 is 2.53 bits per heavy atom. The summed E-state index contributed by atoms with van der Waals surface area (Å²) in [6, 6.07) is 12.5. The molecule has 7 heteroatoms. The molecule has 2 amide bonds. The van der Waals surface area contributed by atoms with Gasteiger partial charge in [-0.25, -0.2) is 4.79 Å². The minimum absolute atomic E-state index is 0.117. The maximum Gasteiger partial charge on any atom is 0.408 e. The number of carboxylic acid groups (broad SMARTS) is 1. The molecule has 1 aliphatic rings. The van der Waals surface area contributed by atoms with E-state index < -0.39 is 12.1 Å². The molecule has 1 aliphatic heterocycles. The van der Waals surface area contributed by atoms with Crippen molar-refractivity contribution in [3.05, 3.63) is 64.7 Å². The van der Waals surface area contributed by atoms with E-state index in [4.69, 9.17) is 9.47 Å². The zero-order chi connectivity index (χ0) is 23.1. The molecule has 0 spiro atoms. The van der Waals surface area contributed by atoms with Gasteiger partial charge in [0.05, 0.1) is 19.8 Å². The van der Waals surface area contributed by atoms with Gasteiger partial charge in [-0.2, -0.15) is 0 Å². The molecule has 172 valence electrons. The highest BCUT2D eigenvalue weighted by atomic mass is 16.5. The Balaban J connectivity index is 1.97. The van der Waals surface area contributed by atoms with Crippen LogP contribution in [0.15, 0.2) is 42.5 Å². The molecule has 1 heterocycles. The fraction of sp³-hybridized carbons (Fsp3) is 0.440. The van der Waals surface area contributed by atoms with Gasteiger partial charge in [-0.3, -0.25) is 9.69 Å². The summed E-state index contributed by atoms with van der Waals surface area (Å²) in [6.45, 7) is 2.98. The maximum absolute atomic E-state index is 12.4. The van der Waals surface area contributed by atoms with Crippen molar-refractivity contribution in [3.8, 4) is 5.75 Å². The number of carbonyl (C=O) groups excluding carboxylic acids is 1. The zero-order valence-electron chi connectivity index (χ0n) is 19.0. The van der Waals surface area contributed by atoms with Gasteiger partial charge in [0, 0.05) is 25.3 Å². The second kappa shape index (κ2) is 11.0. The first-order valence-corrected chi connectivity index (χ1v) is 11.0. The first kappa shape index (κ1) is 23.6. The lowest BCUT2D eigenvalue weighted by atomic mass is 9.83. The summed E-state index contributed by atoms with van der Waals surface area (Å²) < 4.78 is 10.4. The molecule has 0 aromatic heterocycles. The number of amides is 2. The summed E-state index contributed by atoms with van der Waals surface area (Å²) in [5.41, 5.74) is 3.43. The van der Waals surface area contributed by atoms with Crippen LogP contribution in [0.4, 0.5) is 4.79 Å². The lowest BCUT2D eigenvalue weighted by Gasteiger charge is -2.42. The van der Waals surface area contributed by atoms with Gasteiger partial charge >= 0.3 is 6.09 Å². The summed E-state index contributed by atoms with van der Waals surface area (Å²) in [6.07, 6.45) is 2.50. The second-order valence-electron chi connectivity index (χ2n) is 8.03. The van der Waals surface area contributed by atoms with Crippen LogP contribution in [0.25, 0.3) is 0 Å². The third-order valence-corrected chi connectivity index (χ3v) is 5.96. The number of ether oxygens (including phenoxy) is 2. The van der Waals surface area contributed by atoms with Crippen molar-refractivity contribution in [2.24, 2.45) is 0 Å². The van der Waals surface area contributed by atoms with E-state index in [9.17, 15) is 14.7 Å². The Morgan fingerprint density at radius 2 is 1.91 bits per heavy atom. The van der Waals surface area contributed by atoms with Crippen LogP contribution in [0.1, 0.15) is 59.3 Å². The Hall–Kier alpha value is -3.06. The van der Waals surface area contributed by atoms with E-state index in [0.29, 0.717) is 25.1 Å². The number of hydrogen-bond donors (Lipinski definition) is 2. The number of carbonyl (C=O) groups is 2. The Kier molecular flexibility index (Phi) is 8.11. The van der Waals surface area contributed by atoms with E-state index in [1.165, 1.54) is 0 Å². The van der Waals surface area contributed by atoms with Crippen LogP contribution in [0.3, 0.4) is 0 Å². The summed E-state index contributed by atoms with van der Waals surface area (Å²) in [5.74, 6) is 0.585. The van der Waals surface area contributed by atoms with E-state index >= 15 is 0 Å². The largest absolute Gasteiger partial charge is 0.497 e. The number of unbranched alkanes of at least 4 members (excludes halogenated alkanes) is 1. The summed E-state index contributed by atoms with van der Waals surface area (Å²) in [4.78, 5) is 26.3. The number of nitrogens with one attached hydrogen (secondary N) is 1. The third-order valence-electron chi connectivity index (χ3n) is 5.96. The van der Waals surface area contributed by atoms with Gasteiger partial charge in [0.25, 0.3) is 5.91 Å². The van der Waals surface area contributed by atoms with Gasteiger partial charge in [-0.1, -0.05) is 38.0 Å². The molecule has 0 saturated carbocycles. The van der Waals surface area contributed by atoms with Gasteiger partial charge < -0.3 is 19.9 Å². The molecular weight excluding hydrogens is 408 g/mol. The van der Waals surface area contributed by atoms with Crippen LogP contribution in [0, 0.1) is 0 Å². The molecular formula is C25H32N2O5. The van der Waals surface area contributed by atoms with Crippen molar-refractivity contribution in [3.63, 3.8) is 0 Å². The molecule has 2 aromatic rings. The van der Waals surface area contributed by atoms with Crippen molar-refractivity contribution in [2.45, 2.75) is 44.7 Å². The van der Waals surface area contributed by atoms with E-state index in [1.54, 1.807) is 31.3 Å². The average molecular weight is 441 g/mol. The molecule has 2 atom stereocenters. The predicted molar refractivity (Wildman–Crippen MR) is 122 cm³/mol. The zero-order valence-corrected chi connectivity index (χ0v) is 19.0. The van der Waals surface area contributed by atoms with Gasteiger partial charge in [-0.05, 0) is 53.8 Å². The van der Waals surface area contributed by atoms with E-state index in [0.717, 1.165) is 41.7 Å². The quantitative estimate of drug-likeness (QED) is 0.569. The summed E-state index contributed by atoms with van der Waals surface area (Å²) in [7, 11) is 3.22. The van der Waals surface area contributed by atoms with Crippen LogP contribution in [0.5, 0.6) is 5.75 Å². The molecule has 2 N–H and O–H groups in total. The number of methoxy groups -OCH3 is 2. The molecule has 0 unspecified atom stereocenters. The minimum atomic E-state index is -0.932. The van der Waals surface area contributed by atoms with E-state index in [-0.39, 0.29) is 11.9 Å². The lowest BCUT2D eigenvalue weighted by Crippen LogP contribution is -2.47. The topological polar surface area (TPSA) is 88.1 Å². The highest BCUT2D eigenvalue weighted by molar-refractivity contribution is 5.94. The lowest BCUT2D eigenvalue weighted by molar-refractivity contribution is 0.0932. The van der Waals surface area contributed by atoms with E-state index in [1.807, 2.05) is 30.3 Å². The maximum atomic E-state index is 12.4. The van der Waals surface area contributed by atoms with Crippen LogP contribution >= 0.6 is 0 Å². The second-order valence-corrected chi connectivity index (χ2v) is 8.03. The molecule has 0 fully saturated rings. The molecule has 0 aliphatic carbocycles. The van der Waals surface area contributed by atoms with Gasteiger partial charge in [0.2, 0.25) is 0 Å². The molecule has 7 nitrogen and oxygen atoms in total. The number of hydrogen-bond acceptors (Lipinski definition) is 4. The first-order valence-electron chi connectivity index (χ1n) is 11.0. The Morgan fingerprint density at radius 1 is 1.16 bits per heavy atom. The summed E-state index contributed by atoms with van der Waals surface area (Å²) >= 11 is 0. The van der Waals surface area contributed by atoms with E-state index in [2.05, 4.69) is 12.2 Å². The number of fused-ring (bicyclic) bond motifs is 1. The summed E-state index contributed by atoms with van der Waals surface area (Å²) in [5, 5.41) is 13.0. The highest BCUT2D eigenvalue weighted by Gasteiger charge is 2.38. The Labute approximate surface area is 189 Å². The average Bonchev–Trinajstić information content (AvgIpc) is 2.81. The third kappa shape index (κ3) is 5.22.